The number of aryl methyl sites for hydroxylation is 1. The Balaban J connectivity index is 1.01. The van der Waals surface area contributed by atoms with Crippen LogP contribution in [0.1, 0.15) is 55.7 Å². The van der Waals surface area contributed by atoms with Crippen molar-refractivity contribution >= 4 is 11.6 Å². The first kappa shape index (κ1) is 21.1. The highest BCUT2D eigenvalue weighted by Gasteiger charge is 2.55. The van der Waals surface area contributed by atoms with Crippen LogP contribution in [0.5, 0.6) is 0 Å². The maximum Gasteiger partial charge on any atom is 0.292 e. The lowest BCUT2D eigenvalue weighted by Gasteiger charge is -2.22. The minimum absolute atomic E-state index is 0.0769. The summed E-state index contributed by atoms with van der Waals surface area (Å²) in [4.78, 5) is 14.9. The van der Waals surface area contributed by atoms with Crippen molar-refractivity contribution in [3.63, 3.8) is 0 Å². The molecule has 1 aromatic carbocycles. The standard InChI is InChI=1S/C25H30N4O3/c30-24-25(31-17-18-32-25)21-13-7-8-14-23(21)29(24)16-10-4-2-1-3-9-15-28-19-22(26-27-28)20-11-5-6-12-20/h5-8,11-14,19-20H,1-4,9-10,15-18H2. The van der Waals surface area contributed by atoms with Gasteiger partial charge in [0.25, 0.3) is 11.7 Å². The summed E-state index contributed by atoms with van der Waals surface area (Å²) in [6.45, 7) is 2.53. The molecule has 1 amide bonds. The van der Waals surface area contributed by atoms with E-state index in [0.29, 0.717) is 19.8 Å². The van der Waals surface area contributed by atoms with Crippen molar-refractivity contribution in [3.8, 4) is 0 Å². The molecule has 32 heavy (non-hydrogen) atoms. The van der Waals surface area contributed by atoms with E-state index in [1.54, 1.807) is 0 Å². The number of aromatic nitrogens is 3. The van der Waals surface area contributed by atoms with Gasteiger partial charge >= 0.3 is 0 Å². The molecule has 3 heterocycles. The summed E-state index contributed by atoms with van der Waals surface area (Å²) in [5.74, 6) is -1.01. The van der Waals surface area contributed by atoms with E-state index in [9.17, 15) is 4.79 Å². The van der Waals surface area contributed by atoms with Crippen molar-refractivity contribution in [2.45, 2.75) is 56.8 Å². The van der Waals surface area contributed by atoms with Crippen molar-refractivity contribution in [1.29, 1.82) is 0 Å². The van der Waals surface area contributed by atoms with E-state index in [1.165, 1.54) is 19.3 Å². The molecule has 0 radical (unpaired) electrons. The monoisotopic (exact) mass is 434 g/mol. The van der Waals surface area contributed by atoms with Gasteiger partial charge in [0.1, 0.15) is 0 Å². The fourth-order valence-electron chi connectivity index (χ4n) is 4.76. The van der Waals surface area contributed by atoms with E-state index in [0.717, 1.165) is 42.8 Å². The Hall–Kier alpha value is -2.77. The molecular weight excluding hydrogens is 404 g/mol. The number of benzene rings is 1. The lowest BCUT2D eigenvalue weighted by Crippen LogP contribution is -2.41. The molecule has 1 fully saturated rings. The van der Waals surface area contributed by atoms with Gasteiger partial charge in [-0.2, -0.15) is 0 Å². The zero-order valence-electron chi connectivity index (χ0n) is 18.4. The number of anilines is 1. The molecule has 2 aromatic rings. The van der Waals surface area contributed by atoms with Gasteiger partial charge in [0.05, 0.1) is 24.6 Å². The van der Waals surface area contributed by atoms with Crippen molar-refractivity contribution < 1.29 is 14.3 Å². The van der Waals surface area contributed by atoms with Crippen molar-refractivity contribution in [2.24, 2.45) is 0 Å². The normalized spacial score (nSPS) is 19.0. The highest BCUT2D eigenvalue weighted by molar-refractivity contribution is 6.06. The number of allylic oxidation sites excluding steroid dienone is 4. The van der Waals surface area contributed by atoms with Crippen LogP contribution in [0, 0.1) is 0 Å². The number of amides is 1. The third kappa shape index (κ3) is 4.02. The maximum atomic E-state index is 13.1. The van der Waals surface area contributed by atoms with E-state index < -0.39 is 5.79 Å². The van der Waals surface area contributed by atoms with Gasteiger partial charge in [-0.15, -0.1) is 5.10 Å². The molecule has 0 N–H and O–H groups in total. The van der Waals surface area contributed by atoms with Crippen LogP contribution in [0.3, 0.4) is 0 Å². The second kappa shape index (κ2) is 9.38. The first-order valence-electron chi connectivity index (χ1n) is 11.7. The van der Waals surface area contributed by atoms with Crippen molar-refractivity contribution in [3.05, 3.63) is 66.0 Å². The van der Waals surface area contributed by atoms with Gasteiger partial charge in [-0.3, -0.25) is 9.48 Å². The van der Waals surface area contributed by atoms with Crippen LogP contribution >= 0.6 is 0 Å². The molecule has 1 aromatic heterocycles. The summed E-state index contributed by atoms with van der Waals surface area (Å²) in [6, 6.07) is 7.83. The molecule has 0 atom stereocenters. The summed E-state index contributed by atoms with van der Waals surface area (Å²) in [5.41, 5.74) is 2.79. The van der Waals surface area contributed by atoms with E-state index in [1.807, 2.05) is 33.8 Å². The van der Waals surface area contributed by atoms with E-state index in [4.69, 9.17) is 9.47 Å². The average molecular weight is 435 g/mol. The van der Waals surface area contributed by atoms with Gasteiger partial charge in [-0.05, 0) is 18.9 Å². The van der Waals surface area contributed by atoms with Crippen LogP contribution in [0.15, 0.2) is 54.8 Å². The number of carbonyl (C=O) groups is 1. The third-order valence-electron chi connectivity index (χ3n) is 6.43. The fraction of sp³-hybridized carbons (Fsp3) is 0.480. The number of fused-ring (bicyclic) bond motifs is 2. The van der Waals surface area contributed by atoms with E-state index in [2.05, 4.69) is 40.8 Å². The number of hydrogen-bond acceptors (Lipinski definition) is 5. The van der Waals surface area contributed by atoms with Gasteiger partial charge in [-0.25, -0.2) is 0 Å². The number of unbranched alkanes of at least 4 members (excludes halogenated alkanes) is 5. The molecule has 7 nitrogen and oxygen atoms in total. The maximum absolute atomic E-state index is 13.1. The average Bonchev–Trinajstić information content (AvgIpc) is 3.61. The SMILES string of the molecule is O=C1N(CCCCCCCCn2cc(C3C=CC=C3)nn2)c2ccccc2C12OCCO2. The fourth-order valence-corrected chi connectivity index (χ4v) is 4.76. The van der Waals surface area contributed by atoms with Crippen LogP contribution in [-0.4, -0.2) is 40.7 Å². The van der Waals surface area contributed by atoms with Crippen LogP contribution in [-0.2, 0) is 26.6 Å². The second-order valence-electron chi connectivity index (χ2n) is 8.61. The molecule has 7 heteroatoms. The minimum Gasteiger partial charge on any atom is -0.336 e. The van der Waals surface area contributed by atoms with Crippen molar-refractivity contribution in [1.82, 2.24) is 15.0 Å². The molecule has 1 saturated heterocycles. The quantitative estimate of drug-likeness (QED) is 0.527. The predicted octanol–water partition coefficient (Wildman–Crippen LogP) is 4.07. The molecule has 3 aliphatic rings. The van der Waals surface area contributed by atoms with Gasteiger partial charge < -0.3 is 14.4 Å². The Morgan fingerprint density at radius 2 is 1.62 bits per heavy atom. The molecule has 1 aliphatic carbocycles. The number of para-hydroxylation sites is 1. The molecule has 0 unspecified atom stereocenters. The van der Waals surface area contributed by atoms with Gasteiger partial charge in [0, 0.05) is 30.8 Å². The number of nitrogens with zero attached hydrogens (tertiary/aromatic N) is 4. The molecule has 0 saturated carbocycles. The number of hydrogen-bond donors (Lipinski definition) is 0. The molecule has 168 valence electrons. The smallest absolute Gasteiger partial charge is 0.292 e. The summed E-state index contributed by atoms with van der Waals surface area (Å²) in [5, 5.41) is 8.53. The second-order valence-corrected chi connectivity index (χ2v) is 8.61. The minimum atomic E-state index is -1.21. The Morgan fingerprint density at radius 3 is 2.41 bits per heavy atom. The lowest BCUT2D eigenvalue weighted by atomic mass is 10.1. The lowest BCUT2D eigenvalue weighted by molar-refractivity contribution is -0.180. The Bertz CT molecular complexity index is 994. The first-order chi connectivity index (χ1) is 15.8. The van der Waals surface area contributed by atoms with Crippen LogP contribution in [0.2, 0.25) is 0 Å². The van der Waals surface area contributed by atoms with Gasteiger partial charge in [0.2, 0.25) is 0 Å². The Morgan fingerprint density at radius 1 is 0.938 bits per heavy atom. The number of carbonyl (C=O) groups excluding carboxylic acids is 1. The molecular formula is C25H30N4O3. The highest BCUT2D eigenvalue weighted by atomic mass is 16.7. The van der Waals surface area contributed by atoms with E-state index in [-0.39, 0.29) is 11.8 Å². The zero-order valence-corrected chi connectivity index (χ0v) is 18.4. The van der Waals surface area contributed by atoms with Crippen LogP contribution in [0.4, 0.5) is 5.69 Å². The summed E-state index contributed by atoms with van der Waals surface area (Å²) in [7, 11) is 0. The van der Waals surface area contributed by atoms with Gasteiger partial charge in [0.15, 0.2) is 0 Å². The number of rotatable bonds is 10. The molecule has 5 rings (SSSR count). The third-order valence-corrected chi connectivity index (χ3v) is 6.43. The highest BCUT2D eigenvalue weighted by Crippen LogP contribution is 2.45. The molecule has 1 spiro atoms. The molecule has 0 bridgehead atoms. The topological polar surface area (TPSA) is 69.5 Å². The van der Waals surface area contributed by atoms with E-state index >= 15 is 0 Å². The summed E-state index contributed by atoms with van der Waals surface area (Å²) in [6.07, 6.45) is 17.2. The Labute approximate surface area is 188 Å². The summed E-state index contributed by atoms with van der Waals surface area (Å²) >= 11 is 0. The largest absolute Gasteiger partial charge is 0.336 e. The van der Waals surface area contributed by atoms with Crippen LogP contribution in [0.25, 0.3) is 0 Å². The first-order valence-corrected chi connectivity index (χ1v) is 11.7. The summed E-state index contributed by atoms with van der Waals surface area (Å²) < 4.78 is 13.5. The van der Waals surface area contributed by atoms with Gasteiger partial charge in [-0.1, -0.05) is 73.4 Å². The number of ether oxygens (including phenoxy) is 2. The van der Waals surface area contributed by atoms with Crippen LogP contribution < -0.4 is 4.90 Å². The Kier molecular flexibility index (Phi) is 6.19. The predicted molar refractivity (Wildman–Crippen MR) is 121 cm³/mol. The molecule has 2 aliphatic heterocycles. The van der Waals surface area contributed by atoms with Crippen molar-refractivity contribution in [2.75, 3.05) is 24.7 Å². The zero-order chi connectivity index (χ0) is 21.8.